The van der Waals surface area contributed by atoms with E-state index in [1.165, 1.54) is 212 Å². The van der Waals surface area contributed by atoms with Crippen LogP contribution >= 0.6 is 0 Å². The van der Waals surface area contributed by atoms with Gasteiger partial charge in [0.1, 0.15) is 13.2 Å². The van der Waals surface area contributed by atoms with E-state index in [0.29, 0.717) is 19.3 Å². The molecule has 0 aromatic rings. The predicted octanol–water partition coefficient (Wildman–Crippen LogP) is 19.1. The third-order valence-corrected chi connectivity index (χ3v) is 13.0. The second kappa shape index (κ2) is 54.5. The molecule has 1 atom stereocenters. The van der Waals surface area contributed by atoms with Crippen molar-refractivity contribution in [3.8, 4) is 0 Å². The monoisotopic (exact) mass is 915 g/mol. The molecule has 0 radical (unpaired) electrons. The van der Waals surface area contributed by atoms with Gasteiger partial charge in [0.15, 0.2) is 6.10 Å². The number of hydrogen-bond acceptors (Lipinski definition) is 6. The Morgan fingerprint density at radius 3 is 0.877 bits per heavy atom. The van der Waals surface area contributed by atoms with E-state index < -0.39 is 6.10 Å². The minimum Gasteiger partial charge on any atom is -0.462 e. The number of carbonyl (C=O) groups is 3. The summed E-state index contributed by atoms with van der Waals surface area (Å²) in [7, 11) is 0. The van der Waals surface area contributed by atoms with Crippen molar-refractivity contribution in [1.82, 2.24) is 0 Å². The lowest BCUT2D eigenvalue weighted by atomic mass is 10.0. The molecule has 65 heavy (non-hydrogen) atoms. The Morgan fingerprint density at radius 2 is 0.554 bits per heavy atom. The van der Waals surface area contributed by atoms with Gasteiger partial charge < -0.3 is 14.2 Å². The van der Waals surface area contributed by atoms with Crippen LogP contribution in [0.4, 0.5) is 0 Å². The van der Waals surface area contributed by atoms with Gasteiger partial charge >= 0.3 is 17.9 Å². The van der Waals surface area contributed by atoms with Crippen LogP contribution in [0.2, 0.25) is 0 Å². The van der Waals surface area contributed by atoms with E-state index in [1.807, 2.05) is 0 Å². The molecule has 0 heterocycles. The highest BCUT2D eigenvalue weighted by Crippen LogP contribution is 2.17. The molecule has 0 fully saturated rings. The molecule has 0 bridgehead atoms. The summed E-state index contributed by atoms with van der Waals surface area (Å²) in [6.45, 7) is 6.64. The number of allylic oxidation sites excluding steroid dienone is 4. The highest BCUT2D eigenvalue weighted by atomic mass is 16.6. The summed E-state index contributed by atoms with van der Waals surface area (Å²) in [5.41, 5.74) is 0. The zero-order valence-corrected chi connectivity index (χ0v) is 43.8. The van der Waals surface area contributed by atoms with E-state index in [1.54, 1.807) is 0 Å². The molecule has 0 amide bonds. The maximum absolute atomic E-state index is 12.8. The number of unbranched alkanes of at least 4 members (excludes halogenated alkanes) is 38. The molecule has 0 saturated heterocycles. The lowest BCUT2D eigenvalue weighted by Crippen LogP contribution is -2.30. The molecule has 0 aliphatic heterocycles. The number of ether oxygens (including phenoxy) is 3. The van der Waals surface area contributed by atoms with Gasteiger partial charge in [-0.1, -0.05) is 270 Å². The van der Waals surface area contributed by atoms with Crippen LogP contribution in [0.15, 0.2) is 24.3 Å². The molecule has 0 aliphatic carbocycles. The summed E-state index contributed by atoms with van der Waals surface area (Å²) in [6.07, 6.45) is 63.2. The van der Waals surface area contributed by atoms with Gasteiger partial charge in [-0.05, 0) is 51.4 Å². The number of hydrogen-bond donors (Lipinski definition) is 0. The summed E-state index contributed by atoms with van der Waals surface area (Å²) in [5.74, 6) is -0.854. The van der Waals surface area contributed by atoms with Gasteiger partial charge in [-0.25, -0.2) is 0 Å². The highest BCUT2D eigenvalue weighted by molar-refractivity contribution is 5.71. The van der Waals surface area contributed by atoms with Gasteiger partial charge in [-0.3, -0.25) is 14.4 Å². The minimum atomic E-state index is -0.767. The second-order valence-electron chi connectivity index (χ2n) is 19.6. The largest absolute Gasteiger partial charge is 0.462 e. The average molecular weight is 916 g/mol. The van der Waals surface area contributed by atoms with Gasteiger partial charge in [-0.15, -0.1) is 0 Å². The van der Waals surface area contributed by atoms with Crippen LogP contribution in [0.1, 0.15) is 316 Å². The Morgan fingerprint density at radius 1 is 0.308 bits per heavy atom. The highest BCUT2D eigenvalue weighted by Gasteiger charge is 2.19. The molecule has 0 saturated carbocycles. The van der Waals surface area contributed by atoms with Crippen molar-refractivity contribution >= 4 is 17.9 Å². The summed E-state index contributed by atoms with van der Waals surface area (Å²) >= 11 is 0. The Hall–Kier alpha value is -2.11. The van der Waals surface area contributed by atoms with Crippen LogP contribution in [0.5, 0.6) is 0 Å². The van der Waals surface area contributed by atoms with E-state index in [-0.39, 0.29) is 31.1 Å². The van der Waals surface area contributed by atoms with Crippen LogP contribution in [0, 0.1) is 0 Å². The molecule has 0 rings (SSSR count). The van der Waals surface area contributed by atoms with Crippen LogP contribution in [-0.4, -0.2) is 37.2 Å². The standard InChI is InChI=1S/C59H110O6/c1-4-7-10-13-16-19-21-23-25-27-29-31-33-35-37-40-43-46-49-52-58(61)64-55-56(54-63-57(60)51-48-45-42-39-18-15-12-9-6-3)65-59(62)53-50-47-44-41-38-36-34-32-30-28-26-24-22-20-17-14-11-8-5-2/h16,19,23,25,56H,4-15,17-18,20-22,24,26-55H2,1-3H3/b19-16-,25-23-. The second-order valence-corrected chi connectivity index (χ2v) is 19.6. The third kappa shape index (κ3) is 52.7. The summed E-state index contributed by atoms with van der Waals surface area (Å²) < 4.78 is 16.8. The van der Waals surface area contributed by atoms with Crippen molar-refractivity contribution < 1.29 is 28.6 Å². The van der Waals surface area contributed by atoms with E-state index in [2.05, 4.69) is 45.1 Å². The van der Waals surface area contributed by atoms with Gasteiger partial charge in [0.05, 0.1) is 0 Å². The topological polar surface area (TPSA) is 78.9 Å². The molecule has 1 unspecified atom stereocenters. The lowest BCUT2D eigenvalue weighted by Gasteiger charge is -2.18. The van der Waals surface area contributed by atoms with Crippen LogP contribution in [0.25, 0.3) is 0 Å². The van der Waals surface area contributed by atoms with E-state index in [4.69, 9.17) is 14.2 Å². The fourth-order valence-electron chi connectivity index (χ4n) is 8.59. The number of esters is 3. The minimum absolute atomic E-state index is 0.0674. The molecule has 0 spiro atoms. The van der Waals surface area contributed by atoms with E-state index in [0.717, 1.165) is 64.2 Å². The Labute approximate surface area is 404 Å². The van der Waals surface area contributed by atoms with Crippen LogP contribution in [0.3, 0.4) is 0 Å². The van der Waals surface area contributed by atoms with E-state index in [9.17, 15) is 14.4 Å². The maximum Gasteiger partial charge on any atom is 0.306 e. The normalized spacial score (nSPS) is 12.1. The van der Waals surface area contributed by atoms with Crippen molar-refractivity contribution in [3.05, 3.63) is 24.3 Å². The predicted molar refractivity (Wildman–Crippen MR) is 279 cm³/mol. The Balaban J connectivity index is 4.23. The van der Waals surface area contributed by atoms with Gasteiger partial charge in [-0.2, -0.15) is 0 Å². The quantitative estimate of drug-likeness (QED) is 0.0262. The molecular weight excluding hydrogens is 805 g/mol. The third-order valence-electron chi connectivity index (χ3n) is 13.0. The molecular formula is C59H110O6. The van der Waals surface area contributed by atoms with Crippen LogP contribution < -0.4 is 0 Å². The fraction of sp³-hybridized carbons (Fsp3) is 0.881. The van der Waals surface area contributed by atoms with Gasteiger partial charge in [0.25, 0.3) is 0 Å². The first-order valence-electron chi connectivity index (χ1n) is 28.8. The summed E-state index contributed by atoms with van der Waals surface area (Å²) in [5, 5.41) is 0. The number of rotatable bonds is 53. The maximum atomic E-state index is 12.8. The molecule has 0 aliphatic rings. The molecule has 382 valence electrons. The molecule has 0 aromatic carbocycles. The average Bonchev–Trinajstić information content (AvgIpc) is 3.30. The van der Waals surface area contributed by atoms with Crippen molar-refractivity contribution in [1.29, 1.82) is 0 Å². The van der Waals surface area contributed by atoms with Crippen LogP contribution in [-0.2, 0) is 28.6 Å². The van der Waals surface area contributed by atoms with Gasteiger partial charge in [0.2, 0.25) is 0 Å². The fourth-order valence-corrected chi connectivity index (χ4v) is 8.59. The Kier molecular flexibility index (Phi) is 52.7. The van der Waals surface area contributed by atoms with E-state index >= 15 is 0 Å². The SMILES string of the molecule is CCCCC/C=C\C/C=C\CCCCCCCCCCCC(=O)OCC(COC(=O)CCCCCCCCCCC)OC(=O)CCCCCCCCCCCCCCCCCCCCC. The summed E-state index contributed by atoms with van der Waals surface area (Å²) in [4.78, 5) is 38.0. The lowest BCUT2D eigenvalue weighted by molar-refractivity contribution is -0.167. The van der Waals surface area contributed by atoms with Gasteiger partial charge in [0, 0.05) is 19.3 Å². The first-order valence-corrected chi connectivity index (χ1v) is 28.8. The zero-order chi connectivity index (χ0) is 47.2. The first-order chi connectivity index (χ1) is 32.0. The molecule has 6 nitrogen and oxygen atoms in total. The van der Waals surface area contributed by atoms with Crippen molar-refractivity contribution in [3.63, 3.8) is 0 Å². The number of carbonyl (C=O) groups excluding carboxylic acids is 3. The molecule has 0 aromatic heterocycles. The summed E-state index contributed by atoms with van der Waals surface area (Å²) in [6, 6.07) is 0. The van der Waals surface area contributed by atoms with Crippen molar-refractivity contribution in [2.24, 2.45) is 0 Å². The zero-order valence-electron chi connectivity index (χ0n) is 43.8. The van der Waals surface area contributed by atoms with Crippen molar-refractivity contribution in [2.75, 3.05) is 13.2 Å². The first kappa shape index (κ1) is 62.9. The molecule has 6 heteroatoms. The smallest absolute Gasteiger partial charge is 0.306 e. The Bertz CT molecular complexity index is 1050. The van der Waals surface area contributed by atoms with Crippen molar-refractivity contribution in [2.45, 2.75) is 322 Å². The molecule has 0 N–H and O–H groups in total.